The monoisotopic (exact) mass is 235 g/mol. The van der Waals surface area contributed by atoms with Gasteiger partial charge in [-0.05, 0) is 6.42 Å². The Labute approximate surface area is 97.2 Å². The summed E-state index contributed by atoms with van der Waals surface area (Å²) in [6, 6.07) is 0. The van der Waals surface area contributed by atoms with Crippen LogP contribution < -0.4 is 5.73 Å². The number of fused-ring (bicyclic) bond motifs is 1. The summed E-state index contributed by atoms with van der Waals surface area (Å²) in [6.45, 7) is 1.19. The number of aliphatic hydroxyl groups excluding tert-OH is 1. The number of rotatable bonds is 2. The Morgan fingerprint density at radius 1 is 1.59 bits per heavy atom. The molecule has 17 heavy (non-hydrogen) atoms. The molecule has 0 spiro atoms. The fourth-order valence-corrected chi connectivity index (χ4v) is 2.16. The lowest BCUT2D eigenvalue weighted by Crippen LogP contribution is -2.07. The van der Waals surface area contributed by atoms with E-state index >= 15 is 0 Å². The summed E-state index contributed by atoms with van der Waals surface area (Å²) in [6.07, 6.45) is 2.30. The summed E-state index contributed by atoms with van der Waals surface area (Å²) in [4.78, 5) is 8.32. The molecule has 0 radical (unpaired) electrons. The predicted molar refractivity (Wildman–Crippen MR) is 59.3 cm³/mol. The molecule has 1 unspecified atom stereocenters. The van der Waals surface area contributed by atoms with Crippen LogP contribution in [0.4, 0.5) is 5.82 Å². The first-order valence-electron chi connectivity index (χ1n) is 5.48. The Kier molecular flexibility index (Phi) is 2.41. The van der Waals surface area contributed by atoms with Crippen molar-refractivity contribution in [2.75, 3.05) is 18.9 Å². The van der Waals surface area contributed by atoms with Crippen molar-refractivity contribution >= 4 is 11.3 Å². The highest BCUT2D eigenvalue weighted by atomic mass is 16.5. The van der Waals surface area contributed by atoms with Crippen LogP contribution in [0.25, 0.3) is 5.52 Å². The number of nitrogen functional groups attached to an aromatic ring is 1. The lowest BCUT2D eigenvalue weighted by Gasteiger charge is -2.05. The number of nitrogens with two attached hydrogens (primary N) is 1. The summed E-state index contributed by atoms with van der Waals surface area (Å²) in [7, 11) is 0. The van der Waals surface area contributed by atoms with Gasteiger partial charge < -0.3 is 15.6 Å². The smallest absolute Gasteiger partial charge is 0.153 e. The van der Waals surface area contributed by atoms with Crippen LogP contribution in [0.2, 0.25) is 0 Å². The van der Waals surface area contributed by atoms with Gasteiger partial charge in [-0.25, -0.2) is 14.5 Å². The van der Waals surface area contributed by atoms with Crippen molar-refractivity contribution in [3.8, 4) is 0 Å². The minimum atomic E-state index is -0.172. The van der Waals surface area contributed by atoms with Gasteiger partial charge in [0.05, 0.1) is 18.9 Å². The van der Waals surface area contributed by atoms with Crippen LogP contribution in [0.15, 0.2) is 6.33 Å². The SMILES string of the molecule is Nc1ncnn2c(C3CCOC3)nc(CO)c12. The number of nitrogens with zero attached hydrogens (tertiary/aromatic N) is 4. The van der Waals surface area contributed by atoms with Gasteiger partial charge in [0.25, 0.3) is 0 Å². The first-order valence-corrected chi connectivity index (χ1v) is 5.48. The van der Waals surface area contributed by atoms with E-state index in [9.17, 15) is 5.11 Å². The molecule has 3 rings (SSSR count). The highest BCUT2D eigenvalue weighted by Crippen LogP contribution is 2.27. The van der Waals surface area contributed by atoms with E-state index in [-0.39, 0.29) is 12.5 Å². The van der Waals surface area contributed by atoms with E-state index in [0.29, 0.717) is 23.6 Å². The molecule has 90 valence electrons. The van der Waals surface area contributed by atoms with Crippen molar-refractivity contribution in [2.24, 2.45) is 0 Å². The molecule has 1 aliphatic rings. The van der Waals surface area contributed by atoms with Crippen molar-refractivity contribution < 1.29 is 9.84 Å². The zero-order valence-electron chi connectivity index (χ0n) is 9.20. The van der Waals surface area contributed by atoms with Gasteiger partial charge in [-0.3, -0.25) is 0 Å². The average Bonchev–Trinajstić information content (AvgIpc) is 2.95. The fraction of sp³-hybridized carbons (Fsp3) is 0.500. The molecular weight excluding hydrogens is 222 g/mol. The highest BCUT2D eigenvalue weighted by molar-refractivity contribution is 5.68. The summed E-state index contributed by atoms with van der Waals surface area (Å²) >= 11 is 0. The summed E-state index contributed by atoms with van der Waals surface area (Å²) in [5, 5.41) is 13.4. The van der Waals surface area contributed by atoms with E-state index < -0.39 is 0 Å². The molecule has 1 saturated heterocycles. The summed E-state index contributed by atoms with van der Waals surface area (Å²) < 4.78 is 7.00. The number of aromatic nitrogens is 4. The highest BCUT2D eigenvalue weighted by Gasteiger charge is 2.25. The first-order chi connectivity index (χ1) is 8.31. The van der Waals surface area contributed by atoms with E-state index in [2.05, 4.69) is 15.1 Å². The van der Waals surface area contributed by atoms with E-state index in [1.165, 1.54) is 6.33 Å². The summed E-state index contributed by atoms with van der Waals surface area (Å²) in [5.74, 6) is 1.33. The van der Waals surface area contributed by atoms with Gasteiger partial charge in [0, 0.05) is 12.5 Å². The van der Waals surface area contributed by atoms with Gasteiger partial charge in [-0.1, -0.05) is 0 Å². The van der Waals surface area contributed by atoms with E-state index in [4.69, 9.17) is 10.5 Å². The van der Waals surface area contributed by atoms with Crippen molar-refractivity contribution in [1.82, 2.24) is 19.6 Å². The molecule has 2 aromatic rings. The molecule has 1 fully saturated rings. The molecular formula is C10H13N5O2. The number of anilines is 1. The number of imidazole rings is 1. The van der Waals surface area contributed by atoms with Crippen LogP contribution in [-0.2, 0) is 11.3 Å². The lowest BCUT2D eigenvalue weighted by atomic mass is 10.1. The molecule has 2 aromatic heterocycles. The van der Waals surface area contributed by atoms with Crippen LogP contribution >= 0.6 is 0 Å². The topological polar surface area (TPSA) is 98.6 Å². The van der Waals surface area contributed by atoms with Gasteiger partial charge in [0.15, 0.2) is 5.82 Å². The van der Waals surface area contributed by atoms with Crippen molar-refractivity contribution in [3.63, 3.8) is 0 Å². The van der Waals surface area contributed by atoms with Crippen molar-refractivity contribution in [2.45, 2.75) is 18.9 Å². The number of hydrogen-bond acceptors (Lipinski definition) is 6. The molecule has 0 amide bonds. The summed E-state index contributed by atoms with van der Waals surface area (Å²) in [5.41, 5.74) is 6.90. The molecule has 7 heteroatoms. The zero-order chi connectivity index (χ0) is 11.8. The molecule has 1 atom stereocenters. The quantitative estimate of drug-likeness (QED) is 0.741. The molecule has 0 bridgehead atoms. The minimum Gasteiger partial charge on any atom is -0.390 e. The Balaban J connectivity index is 2.21. The molecule has 3 N–H and O–H groups in total. The third kappa shape index (κ3) is 1.55. The number of ether oxygens (including phenoxy) is 1. The van der Waals surface area contributed by atoms with Gasteiger partial charge in [0.2, 0.25) is 0 Å². The second kappa shape index (κ2) is 3.94. The molecule has 1 aliphatic heterocycles. The Hall–Kier alpha value is -1.73. The molecule has 3 heterocycles. The maximum Gasteiger partial charge on any atom is 0.153 e. The first kappa shape index (κ1) is 10.4. The third-order valence-corrected chi connectivity index (χ3v) is 3.00. The zero-order valence-corrected chi connectivity index (χ0v) is 9.20. The number of hydrogen-bond donors (Lipinski definition) is 2. The van der Waals surface area contributed by atoms with Crippen LogP contribution in [0.3, 0.4) is 0 Å². The Morgan fingerprint density at radius 2 is 2.47 bits per heavy atom. The van der Waals surface area contributed by atoms with Crippen LogP contribution in [0.1, 0.15) is 23.9 Å². The average molecular weight is 235 g/mol. The van der Waals surface area contributed by atoms with E-state index in [1.54, 1.807) is 4.52 Å². The maximum atomic E-state index is 9.30. The molecule has 7 nitrogen and oxygen atoms in total. The van der Waals surface area contributed by atoms with Crippen LogP contribution in [0, 0.1) is 0 Å². The van der Waals surface area contributed by atoms with Crippen molar-refractivity contribution in [3.05, 3.63) is 17.8 Å². The molecule has 0 aromatic carbocycles. The van der Waals surface area contributed by atoms with Gasteiger partial charge in [0.1, 0.15) is 17.7 Å². The van der Waals surface area contributed by atoms with E-state index in [0.717, 1.165) is 18.9 Å². The maximum absolute atomic E-state index is 9.30. The van der Waals surface area contributed by atoms with Crippen molar-refractivity contribution in [1.29, 1.82) is 0 Å². The Bertz CT molecular complexity index is 547. The normalized spacial score (nSPS) is 20.2. The lowest BCUT2D eigenvalue weighted by molar-refractivity contribution is 0.193. The largest absolute Gasteiger partial charge is 0.390 e. The minimum absolute atomic E-state index is 0.172. The van der Waals surface area contributed by atoms with E-state index in [1.807, 2.05) is 0 Å². The fourth-order valence-electron chi connectivity index (χ4n) is 2.16. The number of aliphatic hydroxyl groups is 1. The molecule has 0 aliphatic carbocycles. The van der Waals surface area contributed by atoms with Crippen LogP contribution in [0.5, 0.6) is 0 Å². The molecule has 0 saturated carbocycles. The second-order valence-electron chi connectivity index (χ2n) is 4.04. The predicted octanol–water partition coefficient (Wildman–Crippen LogP) is -0.297. The van der Waals surface area contributed by atoms with Crippen LogP contribution in [-0.4, -0.2) is 37.9 Å². The van der Waals surface area contributed by atoms with Gasteiger partial charge in [-0.15, -0.1) is 0 Å². The third-order valence-electron chi connectivity index (χ3n) is 3.00. The Morgan fingerprint density at radius 3 is 3.18 bits per heavy atom. The van der Waals surface area contributed by atoms with Gasteiger partial charge in [-0.2, -0.15) is 5.10 Å². The standard InChI is InChI=1S/C10H13N5O2/c11-9-8-7(3-16)14-10(6-1-2-17-4-6)15(8)13-5-12-9/h5-6,16H,1-4H2,(H2,11,12,13). The van der Waals surface area contributed by atoms with Gasteiger partial charge >= 0.3 is 0 Å². The second-order valence-corrected chi connectivity index (χ2v) is 4.04.